The molecule has 0 aromatic heterocycles. The Labute approximate surface area is 154 Å². The third-order valence-electron chi connectivity index (χ3n) is 3.59. The van der Waals surface area contributed by atoms with Crippen molar-refractivity contribution in [2.45, 2.75) is 25.9 Å². The Morgan fingerprint density at radius 3 is 2.30 bits per heavy atom. The van der Waals surface area contributed by atoms with Gasteiger partial charge in [0.1, 0.15) is 5.60 Å². The average molecular weight is 425 g/mol. The van der Waals surface area contributed by atoms with Crippen LogP contribution in [-0.4, -0.2) is 17.6 Å². The van der Waals surface area contributed by atoms with Gasteiger partial charge in [-0.15, -0.1) is 24.0 Å². The minimum absolute atomic E-state index is 0. The second-order valence-corrected chi connectivity index (χ2v) is 5.52. The molecule has 1 unspecified atom stereocenters. The van der Waals surface area contributed by atoms with Gasteiger partial charge in [0.25, 0.3) is 0 Å². The van der Waals surface area contributed by atoms with Crippen LogP contribution in [0.5, 0.6) is 0 Å². The number of nitrogens with zero attached hydrogens (tertiary/aromatic N) is 1. The van der Waals surface area contributed by atoms with Crippen LogP contribution >= 0.6 is 24.0 Å². The van der Waals surface area contributed by atoms with E-state index in [1.165, 1.54) is 5.56 Å². The van der Waals surface area contributed by atoms with E-state index in [0.717, 1.165) is 17.7 Å². The molecule has 0 fully saturated rings. The van der Waals surface area contributed by atoms with Crippen LogP contribution in [0, 0.1) is 0 Å². The van der Waals surface area contributed by atoms with Crippen molar-refractivity contribution < 1.29 is 5.11 Å². The molecule has 4 N–H and O–H groups in total. The quantitative estimate of drug-likeness (QED) is 0.390. The Hall–Kier alpha value is -1.60. The summed E-state index contributed by atoms with van der Waals surface area (Å²) in [6.45, 7) is 4.04. The van der Waals surface area contributed by atoms with Crippen molar-refractivity contribution in [3.8, 4) is 0 Å². The Morgan fingerprint density at radius 1 is 1.13 bits per heavy atom. The highest BCUT2D eigenvalue weighted by molar-refractivity contribution is 14.0. The van der Waals surface area contributed by atoms with Gasteiger partial charge in [0.05, 0.1) is 6.54 Å². The van der Waals surface area contributed by atoms with E-state index < -0.39 is 5.60 Å². The van der Waals surface area contributed by atoms with Gasteiger partial charge in [0, 0.05) is 5.69 Å². The highest BCUT2D eigenvalue weighted by Crippen LogP contribution is 2.20. The van der Waals surface area contributed by atoms with Crippen molar-refractivity contribution >= 4 is 35.6 Å². The van der Waals surface area contributed by atoms with E-state index in [4.69, 9.17) is 5.73 Å². The van der Waals surface area contributed by atoms with Gasteiger partial charge in [0.15, 0.2) is 5.96 Å². The number of rotatable bonds is 5. The Bertz CT molecular complexity index is 624. The maximum Gasteiger partial charge on any atom is 0.193 e. The number of hydrogen-bond donors (Lipinski definition) is 3. The maximum absolute atomic E-state index is 10.5. The van der Waals surface area contributed by atoms with Crippen molar-refractivity contribution in [1.29, 1.82) is 0 Å². The average Bonchev–Trinajstić information content (AvgIpc) is 2.55. The van der Waals surface area contributed by atoms with Gasteiger partial charge in [-0.25, -0.2) is 4.99 Å². The molecule has 0 aliphatic carbocycles. The summed E-state index contributed by atoms with van der Waals surface area (Å²) >= 11 is 0. The molecule has 0 amide bonds. The number of aliphatic imine (C=N–C) groups is 1. The van der Waals surface area contributed by atoms with E-state index in [1.807, 2.05) is 42.5 Å². The largest absolute Gasteiger partial charge is 0.384 e. The van der Waals surface area contributed by atoms with Crippen LogP contribution in [0.4, 0.5) is 5.69 Å². The number of nitrogens with one attached hydrogen (secondary N) is 1. The smallest absolute Gasteiger partial charge is 0.193 e. The number of hydrogen-bond acceptors (Lipinski definition) is 2. The Morgan fingerprint density at radius 2 is 1.74 bits per heavy atom. The zero-order valence-electron chi connectivity index (χ0n) is 13.5. The van der Waals surface area contributed by atoms with Gasteiger partial charge in [-0.1, -0.05) is 49.4 Å². The number of aryl methyl sites for hydroxylation is 1. The Kier molecular flexibility index (Phi) is 7.51. The number of halogens is 1. The van der Waals surface area contributed by atoms with Crippen molar-refractivity contribution in [3.05, 3.63) is 65.7 Å². The summed E-state index contributed by atoms with van der Waals surface area (Å²) in [4.78, 5) is 4.24. The monoisotopic (exact) mass is 425 g/mol. The van der Waals surface area contributed by atoms with Crippen molar-refractivity contribution in [2.24, 2.45) is 10.7 Å². The molecule has 4 nitrogen and oxygen atoms in total. The van der Waals surface area contributed by atoms with Crippen LogP contribution in [0.1, 0.15) is 25.0 Å². The number of nitrogens with two attached hydrogens (primary N) is 1. The normalized spacial score (nSPS) is 13.8. The van der Waals surface area contributed by atoms with E-state index in [0.29, 0.717) is 5.96 Å². The van der Waals surface area contributed by atoms with E-state index >= 15 is 0 Å². The summed E-state index contributed by atoms with van der Waals surface area (Å²) in [6.07, 6.45) is 1.00. The predicted molar refractivity (Wildman–Crippen MR) is 107 cm³/mol. The minimum atomic E-state index is -1.04. The predicted octanol–water partition coefficient (Wildman–Crippen LogP) is 3.50. The van der Waals surface area contributed by atoms with Crippen molar-refractivity contribution in [2.75, 3.05) is 11.9 Å². The first kappa shape index (κ1) is 19.4. The lowest BCUT2D eigenvalue weighted by Gasteiger charge is -2.21. The molecule has 2 aromatic carbocycles. The van der Waals surface area contributed by atoms with Gasteiger partial charge in [-0.2, -0.15) is 0 Å². The fourth-order valence-corrected chi connectivity index (χ4v) is 2.14. The first-order valence-electron chi connectivity index (χ1n) is 7.45. The summed E-state index contributed by atoms with van der Waals surface area (Å²) in [5, 5.41) is 13.5. The topological polar surface area (TPSA) is 70.6 Å². The molecular weight excluding hydrogens is 401 g/mol. The second-order valence-electron chi connectivity index (χ2n) is 5.52. The molecule has 2 aromatic rings. The van der Waals surface area contributed by atoms with Gasteiger partial charge >= 0.3 is 0 Å². The molecule has 1 atom stereocenters. The second kappa shape index (κ2) is 8.88. The fraction of sp³-hybridized carbons (Fsp3) is 0.278. The number of aliphatic hydroxyl groups is 1. The zero-order chi connectivity index (χ0) is 16.0. The van der Waals surface area contributed by atoms with Crippen LogP contribution in [0.15, 0.2) is 59.6 Å². The lowest BCUT2D eigenvalue weighted by molar-refractivity contribution is 0.0674. The van der Waals surface area contributed by atoms with Gasteiger partial charge < -0.3 is 16.2 Å². The minimum Gasteiger partial charge on any atom is -0.384 e. The molecule has 0 saturated heterocycles. The SMILES string of the molecule is CCc1ccc(NC(N)=NCC(C)(O)c2ccccc2)cc1.I. The summed E-state index contributed by atoms with van der Waals surface area (Å²) in [6, 6.07) is 17.5. The molecule has 0 aliphatic rings. The molecule has 0 radical (unpaired) electrons. The van der Waals surface area contributed by atoms with Crippen LogP contribution < -0.4 is 11.1 Å². The molecular formula is C18H24IN3O. The lowest BCUT2D eigenvalue weighted by atomic mass is 9.96. The molecule has 0 heterocycles. The number of anilines is 1. The summed E-state index contributed by atoms with van der Waals surface area (Å²) in [7, 11) is 0. The zero-order valence-corrected chi connectivity index (χ0v) is 15.8. The summed E-state index contributed by atoms with van der Waals surface area (Å²) in [5.41, 5.74) is 7.82. The highest BCUT2D eigenvalue weighted by Gasteiger charge is 2.22. The van der Waals surface area contributed by atoms with Crippen LogP contribution in [0.3, 0.4) is 0 Å². The van der Waals surface area contributed by atoms with E-state index in [-0.39, 0.29) is 30.5 Å². The maximum atomic E-state index is 10.5. The van der Waals surface area contributed by atoms with Crippen LogP contribution in [-0.2, 0) is 12.0 Å². The number of benzene rings is 2. The third kappa shape index (κ3) is 5.84. The molecule has 2 rings (SSSR count). The Balaban J connectivity index is 0.00000264. The summed E-state index contributed by atoms with van der Waals surface area (Å²) < 4.78 is 0. The number of guanidine groups is 1. The molecule has 23 heavy (non-hydrogen) atoms. The highest BCUT2D eigenvalue weighted by atomic mass is 127. The first-order chi connectivity index (χ1) is 10.5. The van der Waals surface area contributed by atoms with Crippen molar-refractivity contribution in [1.82, 2.24) is 0 Å². The van der Waals surface area contributed by atoms with Gasteiger partial charge in [0.2, 0.25) is 0 Å². The van der Waals surface area contributed by atoms with Gasteiger partial charge in [-0.05, 0) is 36.6 Å². The molecule has 5 heteroatoms. The molecule has 0 bridgehead atoms. The lowest BCUT2D eigenvalue weighted by Crippen LogP contribution is -2.29. The van der Waals surface area contributed by atoms with Crippen LogP contribution in [0.2, 0.25) is 0 Å². The standard InChI is InChI=1S/C18H23N3O.HI/c1-3-14-9-11-16(12-10-14)21-17(19)20-13-18(2,22)15-7-5-4-6-8-15;/h4-12,22H,3,13H2,1-2H3,(H3,19,20,21);1H. The molecule has 0 spiro atoms. The first-order valence-corrected chi connectivity index (χ1v) is 7.45. The molecule has 124 valence electrons. The molecule has 0 aliphatic heterocycles. The van der Waals surface area contributed by atoms with E-state index in [1.54, 1.807) is 6.92 Å². The fourth-order valence-electron chi connectivity index (χ4n) is 2.14. The van der Waals surface area contributed by atoms with Crippen LogP contribution in [0.25, 0.3) is 0 Å². The van der Waals surface area contributed by atoms with E-state index in [2.05, 4.69) is 29.4 Å². The third-order valence-corrected chi connectivity index (χ3v) is 3.59. The van der Waals surface area contributed by atoms with Gasteiger partial charge in [-0.3, -0.25) is 0 Å². The molecule has 0 saturated carbocycles. The summed E-state index contributed by atoms with van der Waals surface area (Å²) in [5.74, 6) is 0.292. The van der Waals surface area contributed by atoms with Crippen molar-refractivity contribution in [3.63, 3.8) is 0 Å². The van der Waals surface area contributed by atoms with E-state index in [9.17, 15) is 5.11 Å².